The zero-order valence-electron chi connectivity index (χ0n) is 14.6. The number of rotatable bonds is 6. The van der Waals surface area contributed by atoms with Crippen LogP contribution in [0.2, 0.25) is 0 Å². The van der Waals surface area contributed by atoms with Gasteiger partial charge in [-0.05, 0) is 36.2 Å². The number of pyridine rings is 1. The second-order valence-electron chi connectivity index (χ2n) is 6.35. The van der Waals surface area contributed by atoms with Gasteiger partial charge in [0.25, 0.3) is 0 Å². The van der Waals surface area contributed by atoms with E-state index in [1.807, 2.05) is 24.3 Å². The minimum atomic E-state index is -0.768. The quantitative estimate of drug-likeness (QED) is 0.539. The lowest BCUT2D eigenvalue weighted by atomic mass is 10.1. The molecule has 7 nitrogen and oxygen atoms in total. The first-order valence-corrected chi connectivity index (χ1v) is 8.64. The Hall–Kier alpha value is -3.09. The molecule has 1 aromatic carbocycles. The summed E-state index contributed by atoms with van der Waals surface area (Å²) in [6.07, 6.45) is 2.36. The highest BCUT2D eigenvalue weighted by Crippen LogP contribution is 2.20. The molecule has 0 atom stereocenters. The van der Waals surface area contributed by atoms with Gasteiger partial charge in [0.2, 0.25) is 0 Å². The van der Waals surface area contributed by atoms with Crippen LogP contribution in [0.1, 0.15) is 17.5 Å². The van der Waals surface area contributed by atoms with Gasteiger partial charge in [-0.25, -0.2) is 4.98 Å². The second-order valence-corrected chi connectivity index (χ2v) is 6.35. The van der Waals surface area contributed by atoms with E-state index >= 15 is 0 Å². The molecule has 0 saturated carbocycles. The van der Waals surface area contributed by atoms with E-state index in [1.165, 1.54) is 0 Å². The van der Waals surface area contributed by atoms with E-state index in [4.69, 9.17) is 16.2 Å². The van der Waals surface area contributed by atoms with Gasteiger partial charge in [-0.2, -0.15) is 0 Å². The minimum Gasteiger partial charge on any atom is -0.481 e. The van der Waals surface area contributed by atoms with Crippen molar-refractivity contribution in [2.75, 3.05) is 36.0 Å². The van der Waals surface area contributed by atoms with Gasteiger partial charge in [0.05, 0.1) is 0 Å². The lowest BCUT2D eigenvalue weighted by Crippen LogP contribution is -2.46. The number of nitrogens with one attached hydrogen (secondary N) is 1. The van der Waals surface area contributed by atoms with Gasteiger partial charge in [-0.15, -0.1) is 0 Å². The zero-order chi connectivity index (χ0) is 18.5. The Kier molecular flexibility index (Phi) is 5.36. The van der Waals surface area contributed by atoms with Gasteiger partial charge >= 0.3 is 5.97 Å². The molecule has 0 bridgehead atoms. The molecule has 1 fully saturated rings. The highest BCUT2D eigenvalue weighted by atomic mass is 16.4. The largest absolute Gasteiger partial charge is 0.481 e. The molecule has 7 heteroatoms. The molecule has 0 radical (unpaired) electrons. The fraction of sp³-hybridized carbons (Fsp3) is 0.316. The van der Waals surface area contributed by atoms with Crippen molar-refractivity contribution in [2.45, 2.75) is 12.8 Å². The first-order valence-electron chi connectivity index (χ1n) is 8.64. The van der Waals surface area contributed by atoms with Gasteiger partial charge in [-0.1, -0.05) is 12.1 Å². The molecular weight excluding hydrogens is 330 g/mol. The smallest absolute Gasteiger partial charge is 0.303 e. The van der Waals surface area contributed by atoms with Crippen LogP contribution < -0.4 is 15.5 Å². The maximum Gasteiger partial charge on any atom is 0.303 e. The van der Waals surface area contributed by atoms with Crippen LogP contribution in [0, 0.1) is 5.41 Å². The van der Waals surface area contributed by atoms with Crippen LogP contribution in [0.15, 0.2) is 42.6 Å². The molecule has 0 spiro atoms. The number of aryl methyl sites for hydroxylation is 1. The number of hydrogen-bond donors (Lipinski definition) is 3. The number of nitrogens with two attached hydrogens (primary N) is 1. The Bertz CT molecular complexity index is 766. The van der Waals surface area contributed by atoms with E-state index in [-0.39, 0.29) is 12.3 Å². The van der Waals surface area contributed by atoms with Crippen molar-refractivity contribution in [1.29, 1.82) is 5.41 Å². The molecule has 0 unspecified atom stereocenters. The normalized spacial score (nSPS) is 14.3. The average Bonchev–Trinajstić information content (AvgIpc) is 2.67. The summed E-state index contributed by atoms with van der Waals surface area (Å²) >= 11 is 0. The third kappa shape index (κ3) is 4.30. The summed E-state index contributed by atoms with van der Waals surface area (Å²) < 4.78 is 0. The first-order chi connectivity index (χ1) is 12.5. The van der Waals surface area contributed by atoms with Crippen LogP contribution in [-0.2, 0) is 11.2 Å². The third-order valence-electron chi connectivity index (χ3n) is 4.59. The molecule has 2 aromatic rings. The molecule has 1 saturated heterocycles. The van der Waals surface area contributed by atoms with Gasteiger partial charge in [0, 0.05) is 50.0 Å². The predicted octanol–water partition coefficient (Wildman–Crippen LogP) is 1.71. The molecule has 0 aliphatic carbocycles. The van der Waals surface area contributed by atoms with Crippen molar-refractivity contribution in [2.24, 2.45) is 5.73 Å². The van der Waals surface area contributed by atoms with Crippen molar-refractivity contribution >= 4 is 23.3 Å². The minimum absolute atomic E-state index is 0.0284. The molecule has 1 aliphatic rings. The van der Waals surface area contributed by atoms with E-state index in [1.54, 1.807) is 6.20 Å². The molecule has 136 valence electrons. The van der Waals surface area contributed by atoms with Gasteiger partial charge in [0.15, 0.2) is 0 Å². The van der Waals surface area contributed by atoms with Crippen molar-refractivity contribution in [3.63, 3.8) is 0 Å². The molecule has 1 aromatic heterocycles. The maximum absolute atomic E-state index is 10.7. The van der Waals surface area contributed by atoms with Crippen molar-refractivity contribution in [1.82, 2.24) is 4.98 Å². The van der Waals surface area contributed by atoms with Crippen LogP contribution >= 0.6 is 0 Å². The molecule has 3 rings (SSSR count). The predicted molar refractivity (Wildman–Crippen MR) is 102 cm³/mol. The van der Waals surface area contributed by atoms with Crippen LogP contribution in [-0.4, -0.2) is 48.1 Å². The number of anilines is 2. The fourth-order valence-electron chi connectivity index (χ4n) is 3.05. The van der Waals surface area contributed by atoms with Crippen molar-refractivity contribution in [3.8, 4) is 0 Å². The number of amidine groups is 1. The maximum atomic E-state index is 10.7. The third-order valence-corrected chi connectivity index (χ3v) is 4.59. The summed E-state index contributed by atoms with van der Waals surface area (Å²) in [5.41, 5.74) is 8.30. The van der Waals surface area contributed by atoms with Crippen LogP contribution in [0.4, 0.5) is 11.5 Å². The summed E-state index contributed by atoms with van der Waals surface area (Å²) in [5, 5.41) is 16.2. The zero-order valence-corrected chi connectivity index (χ0v) is 14.6. The molecule has 1 aliphatic heterocycles. The van der Waals surface area contributed by atoms with Crippen molar-refractivity contribution < 1.29 is 9.90 Å². The van der Waals surface area contributed by atoms with Crippen LogP contribution in [0.5, 0.6) is 0 Å². The first kappa shape index (κ1) is 17.7. The van der Waals surface area contributed by atoms with Gasteiger partial charge in [0.1, 0.15) is 11.7 Å². The van der Waals surface area contributed by atoms with Gasteiger partial charge < -0.3 is 20.6 Å². The Morgan fingerprint density at radius 3 is 2.27 bits per heavy atom. The number of piperazine rings is 1. The SMILES string of the molecule is N=C(N)c1ccc(N2CCN(c3ccc(CCC(=O)O)cc3)CC2)nc1. The fourth-order valence-corrected chi connectivity index (χ4v) is 3.05. The number of carbonyl (C=O) groups is 1. The highest BCUT2D eigenvalue weighted by molar-refractivity contribution is 5.94. The molecule has 0 amide bonds. The summed E-state index contributed by atoms with van der Waals surface area (Å²) in [7, 11) is 0. The topological polar surface area (TPSA) is 107 Å². The standard InChI is InChI=1S/C19H23N5O2/c20-19(21)15-4-7-17(22-13-15)24-11-9-23(10-12-24)16-5-1-14(2-6-16)3-8-18(25)26/h1-2,4-7,13H,3,8-12H2,(H3,20,21)(H,25,26). The number of carboxylic acids is 1. The Morgan fingerprint density at radius 1 is 1.08 bits per heavy atom. The second kappa shape index (κ2) is 7.86. The van der Waals surface area contributed by atoms with E-state index < -0.39 is 5.97 Å². The number of hydrogen-bond acceptors (Lipinski definition) is 5. The highest BCUT2D eigenvalue weighted by Gasteiger charge is 2.18. The summed E-state index contributed by atoms with van der Waals surface area (Å²) in [6.45, 7) is 3.52. The van der Waals surface area contributed by atoms with Gasteiger partial charge in [-0.3, -0.25) is 10.2 Å². The number of carboxylic acid groups (broad SMARTS) is 1. The van der Waals surface area contributed by atoms with Crippen LogP contribution in [0.25, 0.3) is 0 Å². The number of aromatic nitrogens is 1. The molecule has 26 heavy (non-hydrogen) atoms. The lowest BCUT2D eigenvalue weighted by molar-refractivity contribution is -0.136. The molecule has 4 N–H and O–H groups in total. The summed E-state index contributed by atoms with van der Waals surface area (Å²) in [6, 6.07) is 11.9. The number of nitrogens with zero attached hydrogens (tertiary/aromatic N) is 3. The van der Waals surface area contributed by atoms with Crippen LogP contribution in [0.3, 0.4) is 0 Å². The summed E-state index contributed by atoms with van der Waals surface area (Å²) in [5.74, 6) is 0.162. The van der Waals surface area contributed by atoms with E-state index in [9.17, 15) is 4.79 Å². The van der Waals surface area contributed by atoms with E-state index in [2.05, 4.69) is 26.9 Å². The van der Waals surface area contributed by atoms with Crippen molar-refractivity contribution in [3.05, 3.63) is 53.7 Å². The Morgan fingerprint density at radius 2 is 1.73 bits per heavy atom. The van der Waals surface area contributed by atoms with E-state index in [0.29, 0.717) is 12.0 Å². The Labute approximate surface area is 152 Å². The summed E-state index contributed by atoms with van der Waals surface area (Å²) in [4.78, 5) is 19.6. The number of benzene rings is 1. The number of nitrogen functional groups attached to an aromatic ring is 1. The molecular formula is C19H23N5O2. The number of aliphatic carboxylic acids is 1. The Balaban J connectivity index is 1.56. The molecule has 2 heterocycles. The van der Waals surface area contributed by atoms with E-state index in [0.717, 1.165) is 43.2 Å². The lowest BCUT2D eigenvalue weighted by Gasteiger charge is -2.36. The monoisotopic (exact) mass is 353 g/mol. The average molecular weight is 353 g/mol.